The first-order valence-corrected chi connectivity index (χ1v) is 8.04. The van der Waals surface area contributed by atoms with Crippen LogP contribution >= 0.6 is 11.3 Å². The Hall–Kier alpha value is -2.18. The Morgan fingerprint density at radius 3 is 2.86 bits per heavy atom. The zero-order valence-corrected chi connectivity index (χ0v) is 13.2. The number of amides is 1. The first kappa shape index (κ1) is 14.7. The summed E-state index contributed by atoms with van der Waals surface area (Å²) in [6.45, 7) is 3.02. The van der Waals surface area contributed by atoms with E-state index in [-0.39, 0.29) is 5.91 Å². The number of fused-ring (bicyclic) bond motifs is 1. The number of hydrogen-bond donors (Lipinski definition) is 2. The maximum absolute atomic E-state index is 11.8. The highest BCUT2D eigenvalue weighted by molar-refractivity contribution is 7.15. The summed E-state index contributed by atoms with van der Waals surface area (Å²) < 4.78 is 1.99. The number of aryl methyl sites for hydroxylation is 1. The molecule has 3 rings (SSSR count). The highest BCUT2D eigenvalue weighted by Crippen LogP contribution is 2.24. The monoisotopic (exact) mass is 314 g/mol. The van der Waals surface area contributed by atoms with Crippen molar-refractivity contribution in [2.24, 2.45) is 5.73 Å². The van der Waals surface area contributed by atoms with Gasteiger partial charge in [-0.15, -0.1) is 11.3 Å². The van der Waals surface area contributed by atoms with Gasteiger partial charge < -0.3 is 11.1 Å². The molecule has 6 heteroatoms. The molecule has 0 unspecified atom stereocenters. The molecule has 1 amide bonds. The summed E-state index contributed by atoms with van der Waals surface area (Å²) in [5.74, 6) is -0.0178. The highest BCUT2D eigenvalue weighted by Gasteiger charge is 2.12. The number of hydrogen-bond acceptors (Lipinski definition) is 4. The van der Waals surface area contributed by atoms with Crippen molar-refractivity contribution in [1.29, 1.82) is 0 Å². The first-order valence-electron chi connectivity index (χ1n) is 7.16. The van der Waals surface area contributed by atoms with E-state index in [0.29, 0.717) is 19.5 Å². The van der Waals surface area contributed by atoms with Gasteiger partial charge in [0.1, 0.15) is 0 Å². The van der Waals surface area contributed by atoms with E-state index in [4.69, 9.17) is 5.73 Å². The summed E-state index contributed by atoms with van der Waals surface area (Å²) in [5.41, 5.74) is 9.57. The van der Waals surface area contributed by atoms with Crippen LogP contribution in [0.4, 0.5) is 0 Å². The van der Waals surface area contributed by atoms with E-state index in [1.807, 2.05) is 16.0 Å². The number of nitrogens with one attached hydrogen (secondary N) is 1. The fourth-order valence-corrected chi connectivity index (χ4v) is 3.13. The average Bonchev–Trinajstić information content (AvgIpc) is 3.08. The number of carbonyl (C=O) groups is 1. The lowest BCUT2D eigenvalue weighted by Crippen LogP contribution is -2.30. The largest absolute Gasteiger partial charge is 0.354 e. The van der Waals surface area contributed by atoms with Gasteiger partial charge in [0.25, 0.3) is 0 Å². The van der Waals surface area contributed by atoms with Crippen LogP contribution < -0.4 is 11.1 Å². The van der Waals surface area contributed by atoms with Gasteiger partial charge in [0.2, 0.25) is 5.91 Å². The Labute approximate surface area is 132 Å². The van der Waals surface area contributed by atoms with E-state index in [9.17, 15) is 4.79 Å². The molecule has 0 bridgehead atoms. The van der Waals surface area contributed by atoms with Gasteiger partial charge in [0.15, 0.2) is 4.96 Å². The quantitative estimate of drug-likeness (QED) is 0.756. The lowest BCUT2D eigenvalue weighted by atomic mass is 10.1. The van der Waals surface area contributed by atoms with Gasteiger partial charge >= 0.3 is 0 Å². The van der Waals surface area contributed by atoms with Crippen molar-refractivity contribution in [2.75, 3.05) is 13.1 Å². The van der Waals surface area contributed by atoms with Crippen LogP contribution in [0.2, 0.25) is 0 Å². The van der Waals surface area contributed by atoms with Crippen LogP contribution in [0.1, 0.15) is 11.3 Å². The highest BCUT2D eigenvalue weighted by atomic mass is 32.1. The lowest BCUT2D eigenvalue weighted by molar-refractivity contribution is -0.120. The van der Waals surface area contributed by atoms with Crippen molar-refractivity contribution < 1.29 is 4.79 Å². The van der Waals surface area contributed by atoms with Crippen LogP contribution in [0, 0.1) is 6.92 Å². The summed E-state index contributed by atoms with van der Waals surface area (Å²) in [4.78, 5) is 17.4. The second kappa shape index (κ2) is 6.29. The minimum absolute atomic E-state index is 0.0178. The molecular formula is C16H18N4OS. The van der Waals surface area contributed by atoms with Crippen LogP contribution in [0.3, 0.4) is 0 Å². The number of aromatic nitrogens is 2. The summed E-state index contributed by atoms with van der Waals surface area (Å²) in [6.07, 6.45) is 2.33. The van der Waals surface area contributed by atoms with Crippen LogP contribution in [0.25, 0.3) is 16.2 Å². The Bertz CT molecular complexity index is 788. The van der Waals surface area contributed by atoms with Gasteiger partial charge in [0, 0.05) is 35.9 Å². The first-order chi connectivity index (χ1) is 10.7. The minimum Gasteiger partial charge on any atom is -0.354 e. The van der Waals surface area contributed by atoms with E-state index in [0.717, 1.165) is 21.9 Å². The molecule has 3 N–H and O–H groups in total. The van der Waals surface area contributed by atoms with Gasteiger partial charge in [-0.3, -0.25) is 9.20 Å². The predicted molar refractivity (Wildman–Crippen MR) is 89.0 cm³/mol. The molecule has 0 saturated carbocycles. The molecule has 3 aromatic rings. The Balaban J connectivity index is 1.85. The van der Waals surface area contributed by atoms with Crippen LogP contribution in [-0.4, -0.2) is 28.4 Å². The van der Waals surface area contributed by atoms with Gasteiger partial charge in [0.05, 0.1) is 12.1 Å². The molecular weight excluding hydrogens is 296 g/mol. The van der Waals surface area contributed by atoms with Crippen molar-refractivity contribution in [2.45, 2.75) is 13.3 Å². The Kier molecular flexibility index (Phi) is 4.22. The number of carbonyl (C=O) groups excluding carboxylic acids is 1. The third-order valence-electron chi connectivity index (χ3n) is 3.44. The van der Waals surface area contributed by atoms with Gasteiger partial charge in [-0.2, -0.15) is 0 Å². The maximum atomic E-state index is 11.8. The molecule has 0 aliphatic heterocycles. The molecule has 5 nitrogen and oxygen atoms in total. The van der Waals surface area contributed by atoms with E-state index in [1.165, 1.54) is 5.56 Å². The van der Waals surface area contributed by atoms with Gasteiger partial charge in [-0.1, -0.05) is 29.8 Å². The molecule has 0 atom stereocenters. The molecule has 22 heavy (non-hydrogen) atoms. The van der Waals surface area contributed by atoms with Crippen molar-refractivity contribution >= 4 is 22.2 Å². The maximum Gasteiger partial charge on any atom is 0.226 e. The zero-order valence-electron chi connectivity index (χ0n) is 12.4. The van der Waals surface area contributed by atoms with Crippen LogP contribution in [-0.2, 0) is 11.2 Å². The summed E-state index contributed by atoms with van der Waals surface area (Å²) in [5, 5.41) is 4.76. The van der Waals surface area contributed by atoms with E-state index < -0.39 is 0 Å². The van der Waals surface area contributed by atoms with Crippen LogP contribution in [0.15, 0.2) is 35.8 Å². The second-order valence-corrected chi connectivity index (χ2v) is 6.02. The van der Waals surface area contributed by atoms with Gasteiger partial charge in [-0.25, -0.2) is 4.98 Å². The van der Waals surface area contributed by atoms with Crippen molar-refractivity contribution in [3.63, 3.8) is 0 Å². The number of rotatable bonds is 5. The summed E-state index contributed by atoms with van der Waals surface area (Å²) in [7, 11) is 0. The fourth-order valence-electron chi connectivity index (χ4n) is 2.26. The number of benzene rings is 1. The van der Waals surface area contributed by atoms with Crippen molar-refractivity contribution in [3.8, 4) is 11.3 Å². The average molecular weight is 314 g/mol. The third-order valence-corrected chi connectivity index (χ3v) is 4.33. The third kappa shape index (κ3) is 3.03. The number of imidazole rings is 1. The molecule has 0 aliphatic rings. The Morgan fingerprint density at radius 1 is 1.36 bits per heavy atom. The minimum atomic E-state index is -0.0178. The SMILES string of the molecule is Cc1ccc(-c2cn3c(CC(=O)NCCN)csc3n2)cc1. The standard InChI is InChI=1S/C16H18N4OS/c1-11-2-4-12(5-3-11)14-9-20-13(10-22-16(20)19-14)8-15(21)18-7-6-17/h2-5,9-10H,6-8,17H2,1H3,(H,18,21). The van der Waals surface area contributed by atoms with Crippen LogP contribution in [0.5, 0.6) is 0 Å². The van der Waals surface area contributed by atoms with Gasteiger partial charge in [-0.05, 0) is 6.92 Å². The number of thiazole rings is 1. The molecule has 0 spiro atoms. The summed E-state index contributed by atoms with van der Waals surface area (Å²) >= 11 is 1.55. The molecule has 2 heterocycles. The molecule has 0 fully saturated rings. The molecule has 0 saturated heterocycles. The molecule has 2 aromatic heterocycles. The number of nitrogens with two attached hydrogens (primary N) is 1. The van der Waals surface area contributed by atoms with Crippen molar-refractivity contribution in [3.05, 3.63) is 47.1 Å². The van der Waals surface area contributed by atoms with E-state index >= 15 is 0 Å². The Morgan fingerprint density at radius 2 is 2.14 bits per heavy atom. The molecule has 0 radical (unpaired) electrons. The van der Waals surface area contributed by atoms with Crippen molar-refractivity contribution in [1.82, 2.24) is 14.7 Å². The molecule has 1 aromatic carbocycles. The lowest BCUT2D eigenvalue weighted by Gasteiger charge is -2.02. The topological polar surface area (TPSA) is 72.4 Å². The normalized spacial score (nSPS) is 11.0. The fraction of sp³-hybridized carbons (Fsp3) is 0.250. The predicted octanol–water partition coefficient (Wildman–Crippen LogP) is 1.99. The summed E-state index contributed by atoms with van der Waals surface area (Å²) in [6, 6.07) is 8.28. The zero-order chi connectivity index (χ0) is 15.5. The van der Waals surface area contributed by atoms with E-state index in [1.54, 1.807) is 11.3 Å². The van der Waals surface area contributed by atoms with E-state index in [2.05, 4.69) is 41.5 Å². The molecule has 0 aliphatic carbocycles. The number of nitrogens with zero attached hydrogens (tertiary/aromatic N) is 2. The molecule has 114 valence electrons. The smallest absolute Gasteiger partial charge is 0.226 e. The second-order valence-electron chi connectivity index (χ2n) is 5.19.